The number of piperazine rings is 1. The summed E-state index contributed by atoms with van der Waals surface area (Å²) < 4.78 is 2.12. The zero-order valence-electron chi connectivity index (χ0n) is 15.5. The Kier molecular flexibility index (Phi) is 4.97. The summed E-state index contributed by atoms with van der Waals surface area (Å²) in [6.07, 6.45) is 2.49. The standard InChI is InChI=1S/C21H22N4O3/c26-21(9-11-23-10-8-17-4-1-2-7-20(17)23)24-14-12-22(13-15-24)18-5-3-6-19(16-18)25(27)28/h1-8,10,16H,9,11-15H2. The number of anilines is 1. The number of fused-ring (bicyclic) bond motifs is 1. The van der Waals surface area contributed by atoms with Crippen LogP contribution in [0.25, 0.3) is 10.9 Å². The van der Waals surface area contributed by atoms with Crippen molar-refractivity contribution in [1.82, 2.24) is 9.47 Å². The van der Waals surface area contributed by atoms with E-state index < -0.39 is 0 Å². The number of carbonyl (C=O) groups excluding carboxylic acids is 1. The molecule has 4 rings (SSSR count). The van der Waals surface area contributed by atoms with Gasteiger partial charge in [-0.2, -0.15) is 0 Å². The Hall–Kier alpha value is -3.35. The van der Waals surface area contributed by atoms with Gasteiger partial charge in [-0.1, -0.05) is 24.3 Å². The molecule has 1 fully saturated rings. The smallest absolute Gasteiger partial charge is 0.271 e. The SMILES string of the molecule is O=C(CCn1ccc2ccccc21)N1CCN(c2cccc([N+](=O)[O-])c2)CC1. The van der Waals surface area contributed by atoms with E-state index >= 15 is 0 Å². The summed E-state index contributed by atoms with van der Waals surface area (Å²) in [5.74, 6) is 0.150. The molecule has 0 aliphatic carbocycles. The molecular weight excluding hydrogens is 356 g/mol. The van der Waals surface area contributed by atoms with Crippen molar-refractivity contribution in [3.8, 4) is 0 Å². The van der Waals surface area contributed by atoms with Crippen molar-refractivity contribution in [3.05, 3.63) is 70.9 Å². The van der Waals surface area contributed by atoms with Crippen LogP contribution < -0.4 is 4.90 Å². The van der Waals surface area contributed by atoms with Gasteiger partial charge in [-0.05, 0) is 23.6 Å². The summed E-state index contributed by atoms with van der Waals surface area (Å²) in [5, 5.41) is 12.1. The Bertz CT molecular complexity index is 1010. The monoisotopic (exact) mass is 378 g/mol. The van der Waals surface area contributed by atoms with Crippen LogP contribution in [0.4, 0.5) is 11.4 Å². The number of hydrogen-bond donors (Lipinski definition) is 0. The third-order valence-corrected chi connectivity index (χ3v) is 5.28. The number of nitro benzene ring substituents is 1. The van der Waals surface area contributed by atoms with E-state index in [9.17, 15) is 14.9 Å². The number of para-hydroxylation sites is 1. The molecule has 144 valence electrons. The minimum Gasteiger partial charge on any atom is -0.368 e. The summed E-state index contributed by atoms with van der Waals surface area (Å²) in [6.45, 7) is 3.29. The first-order chi connectivity index (χ1) is 13.6. The Morgan fingerprint density at radius 2 is 1.79 bits per heavy atom. The maximum absolute atomic E-state index is 12.6. The lowest BCUT2D eigenvalue weighted by molar-refractivity contribution is -0.384. The number of nitrogens with zero attached hydrogens (tertiary/aromatic N) is 4. The topological polar surface area (TPSA) is 71.6 Å². The highest BCUT2D eigenvalue weighted by atomic mass is 16.6. The lowest BCUT2D eigenvalue weighted by Crippen LogP contribution is -2.49. The molecule has 1 aromatic heterocycles. The van der Waals surface area contributed by atoms with Gasteiger partial charge in [-0.25, -0.2) is 0 Å². The number of benzene rings is 2. The van der Waals surface area contributed by atoms with E-state index in [0.29, 0.717) is 39.1 Å². The molecule has 7 heteroatoms. The van der Waals surface area contributed by atoms with Crippen LogP contribution in [0.3, 0.4) is 0 Å². The van der Waals surface area contributed by atoms with E-state index in [0.717, 1.165) is 11.2 Å². The number of aromatic nitrogens is 1. The van der Waals surface area contributed by atoms with Crippen LogP contribution in [0, 0.1) is 10.1 Å². The van der Waals surface area contributed by atoms with Crippen molar-refractivity contribution in [1.29, 1.82) is 0 Å². The fourth-order valence-electron chi connectivity index (χ4n) is 3.73. The van der Waals surface area contributed by atoms with E-state index in [-0.39, 0.29) is 16.5 Å². The quantitative estimate of drug-likeness (QED) is 0.505. The molecule has 0 radical (unpaired) electrons. The van der Waals surface area contributed by atoms with Crippen molar-refractivity contribution in [2.45, 2.75) is 13.0 Å². The van der Waals surface area contributed by atoms with Crippen LogP contribution in [0.15, 0.2) is 60.8 Å². The fraction of sp³-hybridized carbons (Fsp3) is 0.286. The molecule has 1 saturated heterocycles. The molecule has 0 bridgehead atoms. The molecule has 3 aromatic rings. The first kappa shape index (κ1) is 18.0. The second kappa shape index (κ2) is 7.72. The molecule has 1 amide bonds. The molecule has 1 aliphatic heterocycles. The van der Waals surface area contributed by atoms with Gasteiger partial charge in [0.05, 0.1) is 4.92 Å². The van der Waals surface area contributed by atoms with Gasteiger partial charge in [0, 0.05) is 68.7 Å². The molecule has 7 nitrogen and oxygen atoms in total. The van der Waals surface area contributed by atoms with E-state index in [2.05, 4.69) is 27.7 Å². The van der Waals surface area contributed by atoms with Crippen molar-refractivity contribution >= 4 is 28.2 Å². The first-order valence-electron chi connectivity index (χ1n) is 9.43. The zero-order valence-corrected chi connectivity index (χ0v) is 15.5. The molecule has 2 heterocycles. The summed E-state index contributed by atoms with van der Waals surface area (Å²) in [7, 11) is 0. The molecule has 0 atom stereocenters. The molecule has 0 unspecified atom stereocenters. The van der Waals surface area contributed by atoms with Crippen LogP contribution in [0.1, 0.15) is 6.42 Å². The Morgan fingerprint density at radius 1 is 1.00 bits per heavy atom. The highest BCUT2D eigenvalue weighted by Crippen LogP contribution is 2.22. The summed E-state index contributed by atoms with van der Waals surface area (Å²) >= 11 is 0. The van der Waals surface area contributed by atoms with Gasteiger partial charge in [0.25, 0.3) is 5.69 Å². The lowest BCUT2D eigenvalue weighted by Gasteiger charge is -2.36. The predicted molar refractivity (Wildman–Crippen MR) is 108 cm³/mol. The number of rotatable bonds is 5. The zero-order chi connectivity index (χ0) is 19.5. The average molecular weight is 378 g/mol. The van der Waals surface area contributed by atoms with Gasteiger partial charge >= 0.3 is 0 Å². The molecule has 1 aliphatic rings. The third kappa shape index (κ3) is 3.69. The van der Waals surface area contributed by atoms with Crippen molar-refractivity contribution in [3.63, 3.8) is 0 Å². The fourth-order valence-corrected chi connectivity index (χ4v) is 3.73. The number of non-ortho nitro benzene ring substituents is 1. The minimum atomic E-state index is -0.381. The van der Waals surface area contributed by atoms with Gasteiger partial charge in [-0.3, -0.25) is 14.9 Å². The van der Waals surface area contributed by atoms with Gasteiger partial charge < -0.3 is 14.4 Å². The molecule has 2 aromatic carbocycles. The molecule has 0 N–H and O–H groups in total. The summed E-state index contributed by atoms with van der Waals surface area (Å²) in [5.41, 5.74) is 2.07. The van der Waals surface area contributed by atoms with Gasteiger partial charge in [0.15, 0.2) is 0 Å². The summed E-state index contributed by atoms with van der Waals surface area (Å²) in [4.78, 5) is 27.2. The second-order valence-corrected chi connectivity index (χ2v) is 6.96. The normalized spacial score (nSPS) is 14.4. The van der Waals surface area contributed by atoms with E-state index in [4.69, 9.17) is 0 Å². The van der Waals surface area contributed by atoms with Gasteiger partial charge in [-0.15, -0.1) is 0 Å². The van der Waals surface area contributed by atoms with E-state index in [1.807, 2.05) is 29.3 Å². The molecular formula is C21H22N4O3. The maximum Gasteiger partial charge on any atom is 0.271 e. The molecule has 0 spiro atoms. The molecule has 0 saturated carbocycles. The number of aryl methyl sites for hydroxylation is 1. The first-order valence-corrected chi connectivity index (χ1v) is 9.43. The Labute approximate surface area is 162 Å². The van der Waals surface area contributed by atoms with Crippen LogP contribution >= 0.6 is 0 Å². The predicted octanol–water partition coefficient (Wildman–Crippen LogP) is 3.29. The van der Waals surface area contributed by atoms with Crippen molar-refractivity contribution in [2.75, 3.05) is 31.1 Å². The van der Waals surface area contributed by atoms with Crippen LogP contribution in [-0.4, -0.2) is 46.5 Å². The van der Waals surface area contributed by atoms with Gasteiger partial charge in [0.1, 0.15) is 0 Å². The lowest BCUT2D eigenvalue weighted by atomic mass is 10.2. The van der Waals surface area contributed by atoms with Crippen LogP contribution in [0.2, 0.25) is 0 Å². The number of hydrogen-bond acceptors (Lipinski definition) is 4. The van der Waals surface area contributed by atoms with E-state index in [1.54, 1.807) is 12.1 Å². The highest BCUT2D eigenvalue weighted by Gasteiger charge is 2.22. The largest absolute Gasteiger partial charge is 0.368 e. The number of nitro groups is 1. The Morgan fingerprint density at radius 3 is 2.57 bits per heavy atom. The molecule has 28 heavy (non-hydrogen) atoms. The second-order valence-electron chi connectivity index (χ2n) is 6.96. The third-order valence-electron chi connectivity index (χ3n) is 5.28. The minimum absolute atomic E-state index is 0.0926. The number of amides is 1. The van der Waals surface area contributed by atoms with Gasteiger partial charge in [0.2, 0.25) is 5.91 Å². The van der Waals surface area contributed by atoms with Crippen molar-refractivity contribution < 1.29 is 9.72 Å². The Balaban J connectivity index is 1.33. The maximum atomic E-state index is 12.6. The van der Waals surface area contributed by atoms with Crippen LogP contribution in [-0.2, 0) is 11.3 Å². The number of carbonyl (C=O) groups is 1. The average Bonchev–Trinajstić information content (AvgIpc) is 3.15. The van der Waals surface area contributed by atoms with Crippen LogP contribution in [0.5, 0.6) is 0 Å². The van der Waals surface area contributed by atoms with E-state index in [1.165, 1.54) is 11.5 Å². The summed E-state index contributed by atoms with van der Waals surface area (Å²) in [6, 6.07) is 16.9. The van der Waals surface area contributed by atoms with Crippen molar-refractivity contribution in [2.24, 2.45) is 0 Å². The highest BCUT2D eigenvalue weighted by molar-refractivity contribution is 5.80.